The summed E-state index contributed by atoms with van der Waals surface area (Å²) >= 11 is 0. The molecule has 0 saturated heterocycles. The summed E-state index contributed by atoms with van der Waals surface area (Å²) in [6, 6.07) is 3.47. The Bertz CT molecular complexity index is 598. The third-order valence-electron chi connectivity index (χ3n) is 2.84. The van der Waals surface area contributed by atoms with Crippen molar-refractivity contribution in [2.75, 3.05) is 5.32 Å². The summed E-state index contributed by atoms with van der Waals surface area (Å²) in [5.41, 5.74) is 6.29. The number of amides is 1. The molecule has 1 heterocycles. The van der Waals surface area contributed by atoms with Gasteiger partial charge in [0.05, 0.1) is 17.4 Å². The lowest BCUT2D eigenvalue weighted by molar-refractivity contribution is -0.118. The summed E-state index contributed by atoms with van der Waals surface area (Å²) in [6.07, 6.45) is 1.37. The normalized spacial score (nSPS) is 12.4. The monoisotopic (exact) mass is 278 g/mol. The summed E-state index contributed by atoms with van der Waals surface area (Å²) in [7, 11) is 0. The average molecular weight is 278 g/mol. The number of hydrogen-bond donors (Lipinski definition) is 2. The number of nitrogens with one attached hydrogen (secondary N) is 1. The molecule has 1 unspecified atom stereocenters. The van der Waals surface area contributed by atoms with Crippen molar-refractivity contribution in [1.29, 1.82) is 0 Å². The second-order valence-electron chi connectivity index (χ2n) is 4.68. The molecular weight excluding hydrogens is 263 g/mol. The van der Waals surface area contributed by atoms with Gasteiger partial charge in [-0.1, -0.05) is 13.8 Å². The van der Waals surface area contributed by atoms with E-state index in [-0.39, 0.29) is 11.6 Å². The molecule has 106 valence electrons. The number of carbonyl (C=O) groups excluding carboxylic acids is 1. The van der Waals surface area contributed by atoms with Crippen LogP contribution in [-0.2, 0) is 4.79 Å². The maximum Gasteiger partial charge on any atom is 0.241 e. The molecular formula is C12H15FN6O. The number of benzene rings is 1. The largest absolute Gasteiger partial charge is 0.322 e. The van der Waals surface area contributed by atoms with Crippen molar-refractivity contribution in [2.24, 2.45) is 11.7 Å². The molecule has 2 rings (SSSR count). The van der Waals surface area contributed by atoms with E-state index in [2.05, 4.69) is 20.8 Å². The van der Waals surface area contributed by atoms with E-state index in [1.165, 1.54) is 29.2 Å². The Kier molecular flexibility index (Phi) is 4.04. The number of hydrogen-bond acceptors (Lipinski definition) is 5. The van der Waals surface area contributed by atoms with Gasteiger partial charge < -0.3 is 11.1 Å². The van der Waals surface area contributed by atoms with Gasteiger partial charge in [-0.2, -0.15) is 0 Å². The molecule has 0 aliphatic carbocycles. The number of aromatic nitrogens is 4. The van der Waals surface area contributed by atoms with E-state index in [1.807, 2.05) is 13.8 Å². The Balaban J connectivity index is 2.24. The third-order valence-corrected chi connectivity index (χ3v) is 2.84. The van der Waals surface area contributed by atoms with E-state index in [4.69, 9.17) is 5.73 Å². The van der Waals surface area contributed by atoms with Gasteiger partial charge in [0.25, 0.3) is 0 Å². The van der Waals surface area contributed by atoms with E-state index < -0.39 is 17.8 Å². The number of rotatable bonds is 4. The third kappa shape index (κ3) is 2.97. The Morgan fingerprint density at radius 2 is 2.20 bits per heavy atom. The first-order valence-corrected chi connectivity index (χ1v) is 6.08. The van der Waals surface area contributed by atoms with Crippen LogP contribution in [0.3, 0.4) is 0 Å². The van der Waals surface area contributed by atoms with Crippen molar-refractivity contribution in [2.45, 2.75) is 19.9 Å². The van der Waals surface area contributed by atoms with Gasteiger partial charge in [-0.05, 0) is 34.5 Å². The smallest absolute Gasteiger partial charge is 0.241 e. The number of halogens is 1. The van der Waals surface area contributed by atoms with Crippen LogP contribution in [0.1, 0.15) is 13.8 Å². The molecule has 1 atom stereocenters. The molecule has 0 spiro atoms. The Labute approximate surface area is 115 Å². The highest BCUT2D eigenvalue weighted by Gasteiger charge is 2.18. The first kappa shape index (κ1) is 14.1. The molecule has 0 radical (unpaired) electrons. The standard InChI is InChI=1S/C12H15FN6O/c1-7(2)11(14)12(20)16-10-5-8(3-4-9(10)13)19-6-15-17-18-19/h3-7,11H,14H2,1-2H3,(H,16,20). The summed E-state index contributed by atoms with van der Waals surface area (Å²) in [4.78, 5) is 11.9. The highest BCUT2D eigenvalue weighted by molar-refractivity contribution is 5.95. The van der Waals surface area contributed by atoms with Crippen LogP contribution in [0.5, 0.6) is 0 Å². The quantitative estimate of drug-likeness (QED) is 0.858. The van der Waals surface area contributed by atoms with Crippen LogP contribution in [0.15, 0.2) is 24.5 Å². The Morgan fingerprint density at radius 1 is 1.45 bits per heavy atom. The summed E-state index contributed by atoms with van der Waals surface area (Å²) < 4.78 is 15.1. The molecule has 3 N–H and O–H groups in total. The minimum absolute atomic E-state index is 0.0408. The highest BCUT2D eigenvalue weighted by atomic mass is 19.1. The summed E-state index contributed by atoms with van der Waals surface area (Å²) in [5.74, 6) is -1.03. The number of tetrazole rings is 1. The molecule has 8 heteroatoms. The molecule has 1 aromatic heterocycles. The topological polar surface area (TPSA) is 98.7 Å². The first-order chi connectivity index (χ1) is 9.49. The number of carbonyl (C=O) groups is 1. The molecule has 0 bridgehead atoms. The van der Waals surface area contributed by atoms with Crippen molar-refractivity contribution in [3.63, 3.8) is 0 Å². The zero-order valence-corrected chi connectivity index (χ0v) is 11.1. The predicted molar refractivity (Wildman–Crippen MR) is 70.6 cm³/mol. The van der Waals surface area contributed by atoms with Gasteiger partial charge in [-0.25, -0.2) is 9.07 Å². The van der Waals surface area contributed by atoms with Crippen LogP contribution in [0.4, 0.5) is 10.1 Å². The second-order valence-corrected chi connectivity index (χ2v) is 4.68. The molecule has 0 saturated carbocycles. The van der Waals surface area contributed by atoms with Crippen LogP contribution >= 0.6 is 0 Å². The number of nitrogens with two attached hydrogens (primary N) is 1. The van der Waals surface area contributed by atoms with Gasteiger partial charge in [-0.15, -0.1) is 5.10 Å². The molecule has 2 aromatic rings. The van der Waals surface area contributed by atoms with E-state index >= 15 is 0 Å². The number of anilines is 1. The van der Waals surface area contributed by atoms with Crippen molar-refractivity contribution in [1.82, 2.24) is 20.2 Å². The second kappa shape index (κ2) is 5.74. The zero-order valence-electron chi connectivity index (χ0n) is 11.1. The Hall–Kier alpha value is -2.35. The lowest BCUT2D eigenvalue weighted by Gasteiger charge is -2.16. The zero-order chi connectivity index (χ0) is 14.7. The maximum atomic E-state index is 13.7. The highest BCUT2D eigenvalue weighted by Crippen LogP contribution is 2.18. The predicted octanol–water partition coefficient (Wildman–Crippen LogP) is 0.723. The molecule has 7 nitrogen and oxygen atoms in total. The van der Waals surface area contributed by atoms with Gasteiger partial charge in [0.2, 0.25) is 5.91 Å². The van der Waals surface area contributed by atoms with Crippen molar-refractivity contribution in [3.8, 4) is 5.69 Å². The molecule has 1 aromatic carbocycles. The minimum atomic E-state index is -0.703. The minimum Gasteiger partial charge on any atom is -0.322 e. The maximum absolute atomic E-state index is 13.7. The van der Waals surface area contributed by atoms with E-state index in [9.17, 15) is 9.18 Å². The molecule has 1 amide bonds. The van der Waals surface area contributed by atoms with Gasteiger partial charge in [0, 0.05) is 0 Å². The number of nitrogens with zero attached hydrogens (tertiary/aromatic N) is 4. The van der Waals surface area contributed by atoms with Crippen molar-refractivity contribution in [3.05, 3.63) is 30.3 Å². The van der Waals surface area contributed by atoms with Crippen LogP contribution in [0.25, 0.3) is 5.69 Å². The van der Waals surface area contributed by atoms with Crippen LogP contribution in [0.2, 0.25) is 0 Å². The molecule has 0 aliphatic rings. The van der Waals surface area contributed by atoms with E-state index in [0.717, 1.165) is 0 Å². The van der Waals surface area contributed by atoms with Crippen LogP contribution in [-0.4, -0.2) is 32.2 Å². The van der Waals surface area contributed by atoms with Gasteiger partial charge in [0.15, 0.2) is 0 Å². The van der Waals surface area contributed by atoms with Gasteiger partial charge in [-0.3, -0.25) is 4.79 Å². The summed E-state index contributed by atoms with van der Waals surface area (Å²) in [5, 5.41) is 13.2. The Morgan fingerprint density at radius 3 is 2.80 bits per heavy atom. The fourth-order valence-corrected chi connectivity index (χ4v) is 1.55. The van der Waals surface area contributed by atoms with E-state index in [0.29, 0.717) is 5.69 Å². The SMILES string of the molecule is CC(C)C(N)C(=O)Nc1cc(-n2cnnn2)ccc1F. The van der Waals surface area contributed by atoms with Gasteiger partial charge in [0.1, 0.15) is 12.1 Å². The first-order valence-electron chi connectivity index (χ1n) is 6.08. The fraction of sp³-hybridized carbons (Fsp3) is 0.333. The average Bonchev–Trinajstić information content (AvgIpc) is 2.94. The molecule has 0 fully saturated rings. The van der Waals surface area contributed by atoms with Gasteiger partial charge >= 0.3 is 0 Å². The van der Waals surface area contributed by atoms with E-state index in [1.54, 1.807) is 0 Å². The fourth-order valence-electron chi connectivity index (χ4n) is 1.55. The lowest BCUT2D eigenvalue weighted by atomic mass is 10.0. The van der Waals surface area contributed by atoms with Crippen LogP contribution < -0.4 is 11.1 Å². The molecule has 0 aliphatic heterocycles. The molecule has 20 heavy (non-hydrogen) atoms. The van der Waals surface area contributed by atoms with Crippen LogP contribution in [0, 0.1) is 11.7 Å². The lowest BCUT2D eigenvalue weighted by Crippen LogP contribution is -2.39. The van der Waals surface area contributed by atoms with Crippen molar-refractivity contribution < 1.29 is 9.18 Å². The summed E-state index contributed by atoms with van der Waals surface area (Å²) in [6.45, 7) is 3.64. The van der Waals surface area contributed by atoms with Crippen molar-refractivity contribution >= 4 is 11.6 Å².